The molecule has 5 aromatic carbocycles. The van der Waals surface area contributed by atoms with Crippen molar-refractivity contribution >= 4 is 113 Å². The molecule has 0 heterocycles. The Morgan fingerprint density at radius 2 is 0.833 bits per heavy atom. The third-order valence-corrected chi connectivity index (χ3v) is 7.81. The Balaban J connectivity index is 2.32. The lowest BCUT2D eigenvalue weighted by Gasteiger charge is -2.22. The average Bonchev–Trinajstić information content (AvgIpc) is 2.80. The number of aromatic carboxylic acids is 4. The Kier molecular flexibility index (Phi) is 5.35. The molecule has 0 aromatic heterocycles. The van der Waals surface area contributed by atoms with Gasteiger partial charge in [-0.25, -0.2) is 19.2 Å². The molecule has 0 radical (unpaired) electrons. The summed E-state index contributed by atoms with van der Waals surface area (Å²) >= 11 is 25.8. The number of fused-ring (bicyclic) bond motifs is 2. The second kappa shape index (κ2) is 7.97. The number of carbonyl (C=O) groups is 4. The van der Waals surface area contributed by atoms with E-state index in [-0.39, 0.29) is 64.3 Å². The summed E-state index contributed by atoms with van der Waals surface area (Å²) in [6, 6.07) is 5.09. The highest BCUT2D eigenvalue weighted by Gasteiger charge is 2.32. The first kappa shape index (κ1) is 24.1. The van der Waals surface area contributed by atoms with Crippen LogP contribution < -0.4 is 0 Å². The number of hydrogen-bond donors (Lipinski definition) is 4. The highest BCUT2D eigenvalue weighted by atomic mass is 35.5. The Morgan fingerprint density at radius 1 is 0.444 bits per heavy atom. The van der Waals surface area contributed by atoms with Crippen LogP contribution in [0.3, 0.4) is 0 Å². The van der Waals surface area contributed by atoms with E-state index in [2.05, 4.69) is 0 Å². The van der Waals surface area contributed by atoms with Gasteiger partial charge in [-0.3, -0.25) is 0 Å². The maximum Gasteiger partial charge on any atom is 0.337 e. The van der Waals surface area contributed by atoms with Crippen LogP contribution in [0.25, 0.3) is 43.1 Å². The lowest BCUT2D eigenvalue weighted by Crippen LogP contribution is -2.09. The van der Waals surface area contributed by atoms with Crippen LogP contribution in [0.15, 0.2) is 24.3 Å². The summed E-state index contributed by atoms with van der Waals surface area (Å²) in [5.41, 5.74) is -1.86. The number of carboxylic acids is 4. The van der Waals surface area contributed by atoms with Gasteiger partial charge in [0.05, 0.1) is 42.3 Å². The van der Waals surface area contributed by atoms with Crippen molar-refractivity contribution in [1.82, 2.24) is 0 Å². The molecule has 12 heteroatoms. The van der Waals surface area contributed by atoms with Crippen molar-refractivity contribution in [2.45, 2.75) is 0 Å². The van der Waals surface area contributed by atoms with Crippen LogP contribution in [0.4, 0.5) is 0 Å². The van der Waals surface area contributed by atoms with Gasteiger partial charge in [0.1, 0.15) is 0 Å². The molecule has 0 bridgehead atoms. The molecule has 0 spiro atoms. The summed E-state index contributed by atoms with van der Waals surface area (Å²) in [6.07, 6.45) is 0. The van der Waals surface area contributed by atoms with Crippen LogP contribution in [0.2, 0.25) is 20.1 Å². The Hall–Kier alpha value is -3.56. The Morgan fingerprint density at radius 3 is 1.17 bits per heavy atom. The van der Waals surface area contributed by atoms with Crippen LogP contribution in [0.1, 0.15) is 41.4 Å². The van der Waals surface area contributed by atoms with Crippen molar-refractivity contribution in [2.24, 2.45) is 0 Å². The van der Waals surface area contributed by atoms with Crippen molar-refractivity contribution in [2.75, 3.05) is 0 Å². The number of benzene rings is 5. The van der Waals surface area contributed by atoms with Crippen molar-refractivity contribution < 1.29 is 39.6 Å². The fourth-order valence-electron chi connectivity index (χ4n) is 4.80. The van der Waals surface area contributed by atoms with E-state index in [1.54, 1.807) is 0 Å². The van der Waals surface area contributed by atoms with Gasteiger partial charge in [-0.05, 0) is 28.3 Å². The normalized spacial score (nSPS) is 11.7. The topological polar surface area (TPSA) is 149 Å². The molecule has 180 valence electrons. The quantitative estimate of drug-likeness (QED) is 0.132. The fourth-order valence-corrected chi connectivity index (χ4v) is 5.93. The Labute approximate surface area is 219 Å². The standard InChI is InChI=1S/C24H8Cl4O8/c25-17-11-5-1-3-7(21(29)30)10-8(22(31)32)4-2-6(9(5)10)12-13(11)14(15(19(17)27)23(33)34)16(24(35)36)20(28)18(12)26/h1-4H,(H,29,30)(H,31,32)(H,33,34)(H,35,36). The summed E-state index contributed by atoms with van der Waals surface area (Å²) in [5, 5.41) is 38.2. The summed E-state index contributed by atoms with van der Waals surface area (Å²) in [4.78, 5) is 48.5. The van der Waals surface area contributed by atoms with Gasteiger partial charge in [-0.15, -0.1) is 0 Å². The van der Waals surface area contributed by atoms with Crippen molar-refractivity contribution in [3.63, 3.8) is 0 Å². The maximum absolute atomic E-state index is 12.2. The van der Waals surface area contributed by atoms with E-state index in [1.807, 2.05) is 0 Å². The molecule has 5 aromatic rings. The van der Waals surface area contributed by atoms with E-state index in [9.17, 15) is 39.6 Å². The van der Waals surface area contributed by atoms with E-state index in [0.717, 1.165) is 0 Å². The fraction of sp³-hybridized carbons (Fsp3) is 0. The molecule has 0 saturated carbocycles. The third-order valence-electron chi connectivity index (χ3n) is 6.10. The van der Waals surface area contributed by atoms with Gasteiger partial charge < -0.3 is 20.4 Å². The van der Waals surface area contributed by atoms with Gasteiger partial charge in [0.2, 0.25) is 0 Å². The minimum atomic E-state index is -1.57. The smallest absolute Gasteiger partial charge is 0.337 e. The van der Waals surface area contributed by atoms with Crippen LogP contribution in [0, 0.1) is 0 Å². The molecule has 36 heavy (non-hydrogen) atoms. The van der Waals surface area contributed by atoms with Gasteiger partial charge in [-0.1, -0.05) is 58.5 Å². The maximum atomic E-state index is 12.2. The van der Waals surface area contributed by atoms with E-state index < -0.39 is 45.0 Å². The monoisotopic (exact) mass is 564 g/mol. The summed E-state index contributed by atoms with van der Waals surface area (Å²) in [5.74, 6) is -5.93. The van der Waals surface area contributed by atoms with Gasteiger partial charge in [0.15, 0.2) is 0 Å². The molecule has 8 nitrogen and oxygen atoms in total. The molecule has 0 aliphatic carbocycles. The first-order valence-electron chi connectivity index (χ1n) is 9.79. The van der Waals surface area contributed by atoms with Crippen molar-refractivity contribution in [1.29, 1.82) is 0 Å². The lowest BCUT2D eigenvalue weighted by atomic mass is 9.84. The predicted molar refractivity (Wildman–Crippen MR) is 136 cm³/mol. The van der Waals surface area contributed by atoms with E-state index in [1.165, 1.54) is 24.3 Å². The zero-order valence-corrected chi connectivity index (χ0v) is 20.3. The van der Waals surface area contributed by atoms with Crippen LogP contribution in [-0.2, 0) is 0 Å². The summed E-state index contributed by atoms with van der Waals surface area (Å²) in [6.45, 7) is 0. The van der Waals surface area contributed by atoms with Gasteiger partial charge >= 0.3 is 23.9 Å². The highest BCUT2D eigenvalue weighted by Crippen LogP contribution is 2.52. The molecule has 4 N–H and O–H groups in total. The van der Waals surface area contributed by atoms with Gasteiger partial charge in [0, 0.05) is 26.9 Å². The van der Waals surface area contributed by atoms with Crippen molar-refractivity contribution in [3.8, 4) is 0 Å². The van der Waals surface area contributed by atoms with E-state index in [0.29, 0.717) is 0 Å². The number of hydrogen-bond acceptors (Lipinski definition) is 4. The Bertz CT molecular complexity index is 1770. The first-order chi connectivity index (χ1) is 16.9. The predicted octanol–water partition coefficient (Wildman–Crippen LogP) is 7.14. The first-order valence-corrected chi connectivity index (χ1v) is 11.3. The summed E-state index contributed by atoms with van der Waals surface area (Å²) in [7, 11) is 0. The zero-order chi connectivity index (χ0) is 26.4. The van der Waals surface area contributed by atoms with Gasteiger partial charge in [0.25, 0.3) is 0 Å². The molecule has 0 atom stereocenters. The minimum absolute atomic E-state index is 0.0218. The molecule has 0 fully saturated rings. The molecule has 0 saturated heterocycles. The van der Waals surface area contributed by atoms with Crippen molar-refractivity contribution in [3.05, 3.63) is 66.6 Å². The number of rotatable bonds is 4. The molecule has 0 aliphatic heterocycles. The number of halogens is 4. The molecular formula is C24H8Cl4O8. The molecule has 0 amide bonds. The van der Waals surface area contributed by atoms with E-state index in [4.69, 9.17) is 46.4 Å². The van der Waals surface area contributed by atoms with Crippen LogP contribution >= 0.6 is 46.4 Å². The van der Waals surface area contributed by atoms with Crippen LogP contribution in [0.5, 0.6) is 0 Å². The second-order valence-corrected chi connectivity index (χ2v) is 9.31. The molecule has 5 rings (SSSR count). The third kappa shape index (κ3) is 2.96. The molecule has 0 unspecified atom stereocenters. The van der Waals surface area contributed by atoms with Crippen LogP contribution in [-0.4, -0.2) is 44.3 Å². The lowest BCUT2D eigenvalue weighted by molar-refractivity contribution is 0.0681. The van der Waals surface area contributed by atoms with E-state index >= 15 is 0 Å². The zero-order valence-electron chi connectivity index (χ0n) is 17.2. The number of carboxylic acid groups (broad SMARTS) is 4. The summed E-state index contributed by atoms with van der Waals surface area (Å²) < 4.78 is 0. The molecule has 0 aliphatic rings. The average molecular weight is 566 g/mol. The largest absolute Gasteiger partial charge is 0.478 e. The van der Waals surface area contributed by atoms with Gasteiger partial charge in [-0.2, -0.15) is 0 Å². The minimum Gasteiger partial charge on any atom is -0.478 e. The SMILES string of the molecule is O=C(O)c1ccc2c3c(Cl)c(Cl)c(C(=O)O)c4c(C(=O)O)c(Cl)c(Cl)c(c5ccc(C(=O)O)c1c25)c43. The highest BCUT2D eigenvalue weighted by molar-refractivity contribution is 6.57. The second-order valence-electron chi connectivity index (χ2n) is 7.80. The molecular weight excluding hydrogens is 558 g/mol.